The van der Waals surface area contributed by atoms with E-state index in [4.69, 9.17) is 9.31 Å². The van der Waals surface area contributed by atoms with E-state index in [0.717, 1.165) is 16.5 Å². The van der Waals surface area contributed by atoms with Crippen LogP contribution in [0.2, 0.25) is 0 Å². The zero-order valence-electron chi connectivity index (χ0n) is 14.2. The van der Waals surface area contributed by atoms with Crippen molar-refractivity contribution >= 4 is 23.6 Å². The molecule has 1 aromatic carbocycles. The Morgan fingerprint density at radius 1 is 0.909 bits per heavy atom. The number of aromatic nitrogens is 2. The molecule has 1 saturated heterocycles. The molecule has 3 rings (SSSR count). The quantitative estimate of drug-likeness (QED) is 0.799. The van der Waals surface area contributed by atoms with Crippen molar-refractivity contribution in [1.29, 1.82) is 0 Å². The van der Waals surface area contributed by atoms with E-state index in [0.29, 0.717) is 5.92 Å². The van der Waals surface area contributed by atoms with Crippen molar-refractivity contribution in [3.05, 3.63) is 30.1 Å². The van der Waals surface area contributed by atoms with Crippen LogP contribution in [0.25, 0.3) is 11.0 Å². The maximum atomic E-state index is 6.17. The van der Waals surface area contributed by atoms with Gasteiger partial charge in [0.2, 0.25) is 0 Å². The van der Waals surface area contributed by atoms with Gasteiger partial charge in [-0.1, -0.05) is 26.0 Å². The molecule has 1 fully saturated rings. The van der Waals surface area contributed by atoms with Crippen LogP contribution >= 0.6 is 0 Å². The van der Waals surface area contributed by atoms with Crippen molar-refractivity contribution in [2.75, 3.05) is 0 Å². The molecule has 22 heavy (non-hydrogen) atoms. The molecule has 1 aromatic heterocycles. The maximum absolute atomic E-state index is 6.17. The van der Waals surface area contributed by atoms with Crippen molar-refractivity contribution in [3.8, 4) is 0 Å². The van der Waals surface area contributed by atoms with Crippen LogP contribution in [0.3, 0.4) is 0 Å². The molecule has 0 amide bonds. The predicted molar refractivity (Wildman–Crippen MR) is 89.3 cm³/mol. The molecule has 0 atom stereocenters. The van der Waals surface area contributed by atoms with Crippen LogP contribution in [-0.2, 0) is 9.31 Å². The summed E-state index contributed by atoms with van der Waals surface area (Å²) in [7, 11) is -0.412. The van der Waals surface area contributed by atoms with Gasteiger partial charge in [-0.25, -0.2) is 0 Å². The molecule has 0 unspecified atom stereocenters. The van der Waals surface area contributed by atoms with Gasteiger partial charge in [-0.05, 0) is 39.2 Å². The van der Waals surface area contributed by atoms with Gasteiger partial charge in [0.1, 0.15) is 0 Å². The molecular formula is C17H23BN2O2. The highest BCUT2D eigenvalue weighted by Crippen LogP contribution is 2.37. The molecule has 0 aliphatic carbocycles. The van der Waals surface area contributed by atoms with Crippen molar-refractivity contribution in [2.24, 2.45) is 0 Å². The highest BCUT2D eigenvalue weighted by molar-refractivity contribution is 6.64. The Morgan fingerprint density at radius 2 is 1.45 bits per heavy atom. The fraction of sp³-hybridized carbons (Fsp3) is 0.529. The second-order valence-corrected chi connectivity index (χ2v) is 7.24. The van der Waals surface area contributed by atoms with Crippen LogP contribution < -0.4 is 5.46 Å². The standard InChI is InChI=1S/C17H23BN2O2/c1-11(2)12-7-8-13(15-14(12)19-9-10-20-15)18-21-16(3,4)17(5,6)22-18/h7-11H,1-6H3. The summed E-state index contributed by atoms with van der Waals surface area (Å²) in [4.78, 5) is 9.08. The van der Waals surface area contributed by atoms with Gasteiger partial charge in [-0.3, -0.25) is 9.97 Å². The SMILES string of the molecule is CC(C)c1ccc(B2OC(C)(C)C(C)(C)O2)c2nccnc12. The number of rotatable bonds is 2. The van der Waals surface area contributed by atoms with Gasteiger partial charge in [0.25, 0.3) is 0 Å². The van der Waals surface area contributed by atoms with Crippen molar-refractivity contribution in [2.45, 2.75) is 58.7 Å². The summed E-state index contributed by atoms with van der Waals surface area (Å²) in [5.41, 5.74) is 3.23. The molecule has 0 bridgehead atoms. The van der Waals surface area contributed by atoms with E-state index in [2.05, 4.69) is 63.6 Å². The fourth-order valence-corrected chi connectivity index (χ4v) is 2.72. The maximum Gasteiger partial charge on any atom is 0.497 e. The lowest BCUT2D eigenvalue weighted by molar-refractivity contribution is 0.00578. The second-order valence-electron chi connectivity index (χ2n) is 7.24. The minimum absolute atomic E-state index is 0.358. The van der Waals surface area contributed by atoms with Gasteiger partial charge < -0.3 is 9.31 Å². The fourth-order valence-electron chi connectivity index (χ4n) is 2.72. The van der Waals surface area contributed by atoms with E-state index < -0.39 is 7.12 Å². The van der Waals surface area contributed by atoms with Crippen molar-refractivity contribution in [3.63, 3.8) is 0 Å². The molecule has 0 spiro atoms. The Kier molecular flexibility index (Phi) is 3.53. The molecule has 0 N–H and O–H groups in total. The summed E-state index contributed by atoms with van der Waals surface area (Å²) >= 11 is 0. The Morgan fingerprint density at radius 3 is 2.00 bits per heavy atom. The minimum atomic E-state index is -0.412. The van der Waals surface area contributed by atoms with Crippen LogP contribution in [0, 0.1) is 0 Å². The summed E-state index contributed by atoms with van der Waals surface area (Å²) in [6.07, 6.45) is 3.46. The van der Waals surface area contributed by atoms with Crippen LogP contribution in [0.4, 0.5) is 0 Å². The van der Waals surface area contributed by atoms with E-state index in [1.165, 1.54) is 5.56 Å². The van der Waals surface area contributed by atoms with E-state index >= 15 is 0 Å². The van der Waals surface area contributed by atoms with Crippen LogP contribution in [-0.4, -0.2) is 28.3 Å². The second kappa shape index (κ2) is 5.03. The van der Waals surface area contributed by atoms with Gasteiger partial charge in [0.05, 0.1) is 22.2 Å². The third kappa shape index (κ3) is 2.33. The zero-order valence-corrected chi connectivity index (χ0v) is 14.2. The highest BCUT2D eigenvalue weighted by atomic mass is 16.7. The summed E-state index contributed by atoms with van der Waals surface area (Å²) in [5, 5.41) is 0. The minimum Gasteiger partial charge on any atom is -0.399 e. The first-order valence-electron chi connectivity index (χ1n) is 7.82. The summed E-state index contributed by atoms with van der Waals surface area (Å²) in [6.45, 7) is 12.6. The predicted octanol–water partition coefficient (Wildman–Crippen LogP) is 3.05. The number of fused-ring (bicyclic) bond motifs is 1. The van der Waals surface area contributed by atoms with E-state index in [9.17, 15) is 0 Å². The Balaban J connectivity index is 2.12. The third-order valence-electron chi connectivity index (χ3n) is 4.82. The normalized spacial score (nSPS) is 20.0. The van der Waals surface area contributed by atoms with E-state index in [1.54, 1.807) is 12.4 Å². The molecule has 2 aromatic rings. The van der Waals surface area contributed by atoms with Crippen molar-refractivity contribution in [1.82, 2.24) is 9.97 Å². The van der Waals surface area contributed by atoms with Crippen LogP contribution in [0.1, 0.15) is 53.0 Å². The lowest BCUT2D eigenvalue weighted by atomic mass is 9.77. The van der Waals surface area contributed by atoms with Gasteiger partial charge in [-0.15, -0.1) is 0 Å². The Bertz CT molecular complexity index is 697. The molecule has 5 heteroatoms. The van der Waals surface area contributed by atoms with Crippen molar-refractivity contribution < 1.29 is 9.31 Å². The summed E-state index contributed by atoms with van der Waals surface area (Å²) in [5.74, 6) is 0.395. The number of nitrogens with zero attached hydrogens (tertiary/aromatic N) is 2. The number of hydrogen-bond donors (Lipinski definition) is 0. The first-order valence-corrected chi connectivity index (χ1v) is 7.82. The molecule has 0 radical (unpaired) electrons. The molecule has 0 saturated carbocycles. The van der Waals surface area contributed by atoms with E-state index in [1.807, 2.05) is 0 Å². The number of hydrogen-bond acceptors (Lipinski definition) is 4. The van der Waals surface area contributed by atoms with Gasteiger partial charge in [0, 0.05) is 17.9 Å². The average molecular weight is 298 g/mol. The lowest BCUT2D eigenvalue weighted by Gasteiger charge is -2.32. The highest BCUT2D eigenvalue weighted by Gasteiger charge is 2.52. The average Bonchev–Trinajstić information content (AvgIpc) is 2.65. The Labute approximate surface area is 132 Å². The molecular weight excluding hydrogens is 275 g/mol. The van der Waals surface area contributed by atoms with Crippen LogP contribution in [0.5, 0.6) is 0 Å². The largest absolute Gasteiger partial charge is 0.497 e. The smallest absolute Gasteiger partial charge is 0.399 e. The first-order chi connectivity index (χ1) is 10.2. The first kappa shape index (κ1) is 15.4. The summed E-state index contributed by atoms with van der Waals surface area (Å²) < 4.78 is 12.3. The third-order valence-corrected chi connectivity index (χ3v) is 4.82. The molecule has 4 nitrogen and oxygen atoms in total. The van der Waals surface area contributed by atoms with E-state index in [-0.39, 0.29) is 11.2 Å². The molecule has 1 aliphatic heterocycles. The number of benzene rings is 1. The Hall–Kier alpha value is -1.46. The van der Waals surface area contributed by atoms with Gasteiger partial charge in [0.15, 0.2) is 0 Å². The molecule has 1 aliphatic rings. The molecule has 116 valence electrons. The molecule has 2 heterocycles. The lowest BCUT2D eigenvalue weighted by Crippen LogP contribution is -2.41. The monoisotopic (exact) mass is 298 g/mol. The van der Waals surface area contributed by atoms with Gasteiger partial charge >= 0.3 is 7.12 Å². The zero-order chi connectivity index (χ0) is 16.1. The topological polar surface area (TPSA) is 44.2 Å². The van der Waals surface area contributed by atoms with Crippen LogP contribution in [0.15, 0.2) is 24.5 Å². The summed E-state index contributed by atoms with van der Waals surface area (Å²) in [6, 6.07) is 4.18. The van der Waals surface area contributed by atoms with Gasteiger partial charge in [-0.2, -0.15) is 0 Å².